The number of rotatable bonds is 2. The number of hydrogen-bond donors (Lipinski definition) is 1. The van der Waals surface area contributed by atoms with Gasteiger partial charge in [-0.2, -0.15) is 0 Å². The Morgan fingerprint density at radius 3 is 2.12 bits per heavy atom. The first-order valence-corrected chi connectivity index (χ1v) is 6.02. The number of carbonyl (C=O) groups excluding carboxylic acids is 2. The summed E-state index contributed by atoms with van der Waals surface area (Å²) in [7, 11) is 0. The maximum absolute atomic E-state index is 10.4. The minimum Gasteiger partial charge on any atom is -0.316 e. The van der Waals surface area contributed by atoms with Crippen molar-refractivity contribution in [1.82, 2.24) is 5.32 Å². The molecule has 1 N–H and O–H groups in total. The molecule has 1 aromatic carbocycles. The fraction of sp³-hybridized carbons (Fsp3) is 0.429. The van der Waals surface area contributed by atoms with Gasteiger partial charge in [-0.3, -0.25) is 9.59 Å². The zero-order valence-electron chi connectivity index (χ0n) is 10.2. The van der Waals surface area contributed by atoms with Crippen LogP contribution in [0.15, 0.2) is 24.3 Å². The van der Waals surface area contributed by atoms with Gasteiger partial charge in [-0.05, 0) is 12.0 Å². The summed E-state index contributed by atoms with van der Waals surface area (Å²) in [5.41, 5.74) is 2.02. The van der Waals surface area contributed by atoms with Crippen molar-refractivity contribution in [3.63, 3.8) is 0 Å². The summed E-state index contributed by atoms with van der Waals surface area (Å²) in [5, 5.41) is 3.09. The highest BCUT2D eigenvalue weighted by atomic mass is 16.1. The second kappa shape index (κ2) is 7.74. The largest absolute Gasteiger partial charge is 0.316 e. The average molecular weight is 233 g/mol. The molecule has 0 unspecified atom stereocenters. The number of nitrogens with one attached hydrogen (secondary N) is 1. The van der Waals surface area contributed by atoms with Crippen LogP contribution in [0, 0.1) is 0 Å². The van der Waals surface area contributed by atoms with Gasteiger partial charge in [0.15, 0.2) is 0 Å². The van der Waals surface area contributed by atoms with Gasteiger partial charge in [-0.15, -0.1) is 0 Å². The van der Waals surface area contributed by atoms with E-state index in [2.05, 4.69) is 12.2 Å². The molecule has 1 heterocycles. The predicted molar refractivity (Wildman–Crippen MR) is 68.3 cm³/mol. The van der Waals surface area contributed by atoms with Crippen LogP contribution in [0.5, 0.6) is 0 Å². The normalized spacial score (nSPS) is 14.8. The first-order valence-electron chi connectivity index (χ1n) is 6.02. The Hall–Kier alpha value is -1.48. The van der Waals surface area contributed by atoms with Gasteiger partial charge in [-0.25, -0.2) is 0 Å². The van der Waals surface area contributed by atoms with Crippen LogP contribution in [0.1, 0.15) is 35.7 Å². The van der Waals surface area contributed by atoms with E-state index >= 15 is 0 Å². The zero-order valence-corrected chi connectivity index (χ0v) is 10.2. The predicted octanol–water partition coefficient (Wildman–Crippen LogP) is 2.00. The number of Topliss-reactive ketones (excluding diaryl/α,β-unsaturated/α-hetero) is 1. The van der Waals surface area contributed by atoms with Crippen molar-refractivity contribution in [3.8, 4) is 0 Å². The van der Waals surface area contributed by atoms with E-state index in [1.807, 2.05) is 24.3 Å². The number of ketones is 1. The molecule has 0 bridgehead atoms. The van der Waals surface area contributed by atoms with E-state index in [0.717, 1.165) is 44.2 Å². The van der Waals surface area contributed by atoms with E-state index in [0.29, 0.717) is 5.78 Å². The van der Waals surface area contributed by atoms with Crippen LogP contribution in [0.3, 0.4) is 0 Å². The molecule has 3 heteroatoms. The lowest BCUT2D eigenvalue weighted by Gasteiger charge is -2.08. The van der Waals surface area contributed by atoms with Gasteiger partial charge in [0.05, 0.1) is 0 Å². The number of benzene rings is 1. The lowest BCUT2D eigenvalue weighted by atomic mass is 10.1. The number of carbonyl (C=O) groups is 2. The van der Waals surface area contributed by atoms with Crippen LogP contribution in [-0.4, -0.2) is 25.2 Å². The Balaban J connectivity index is 0.000000181. The Morgan fingerprint density at radius 2 is 1.76 bits per heavy atom. The molecule has 1 aromatic rings. The monoisotopic (exact) mass is 233 g/mol. The highest BCUT2D eigenvalue weighted by Gasteiger charge is 2.04. The van der Waals surface area contributed by atoms with Crippen LogP contribution in [0.4, 0.5) is 0 Å². The van der Waals surface area contributed by atoms with E-state index in [1.165, 1.54) is 5.56 Å². The third kappa shape index (κ3) is 5.41. The van der Waals surface area contributed by atoms with Crippen molar-refractivity contribution >= 4 is 12.1 Å². The van der Waals surface area contributed by atoms with Gasteiger partial charge in [0.25, 0.3) is 0 Å². The topological polar surface area (TPSA) is 46.2 Å². The molecule has 0 aliphatic carbocycles. The second-order valence-electron chi connectivity index (χ2n) is 4.00. The van der Waals surface area contributed by atoms with Crippen molar-refractivity contribution in [2.75, 3.05) is 13.1 Å². The van der Waals surface area contributed by atoms with E-state index in [1.54, 1.807) is 0 Å². The van der Waals surface area contributed by atoms with Crippen LogP contribution < -0.4 is 5.32 Å². The number of aldehydes is 1. The van der Waals surface area contributed by atoms with Crippen LogP contribution in [0.25, 0.3) is 0 Å². The second-order valence-corrected chi connectivity index (χ2v) is 4.00. The highest BCUT2D eigenvalue weighted by molar-refractivity contribution is 5.79. The van der Waals surface area contributed by atoms with Gasteiger partial charge >= 0.3 is 0 Å². The van der Waals surface area contributed by atoms with Crippen molar-refractivity contribution in [3.05, 3.63) is 35.4 Å². The standard InChI is InChI=1S/C9H10O.C5H9NO/c1-2-8-3-5-9(7-10)6-4-8;7-5-1-3-6-4-2-5/h3-7H,2H2,1H3;6H,1-4H2. The van der Waals surface area contributed by atoms with Gasteiger partial charge in [0.2, 0.25) is 0 Å². The van der Waals surface area contributed by atoms with Crippen molar-refractivity contribution in [2.24, 2.45) is 0 Å². The molecule has 1 saturated heterocycles. The third-order valence-electron chi connectivity index (χ3n) is 2.69. The first-order chi connectivity index (χ1) is 8.26. The minimum absolute atomic E-state index is 0.402. The van der Waals surface area contributed by atoms with E-state index in [4.69, 9.17) is 0 Å². The Bertz CT molecular complexity index is 349. The molecule has 3 nitrogen and oxygen atoms in total. The highest BCUT2D eigenvalue weighted by Crippen LogP contribution is 2.01. The van der Waals surface area contributed by atoms with E-state index in [9.17, 15) is 9.59 Å². The Morgan fingerprint density at radius 1 is 1.18 bits per heavy atom. The molecule has 2 rings (SSSR count). The lowest BCUT2D eigenvalue weighted by molar-refractivity contribution is -0.119. The van der Waals surface area contributed by atoms with Gasteiger partial charge in [0, 0.05) is 31.5 Å². The molecule has 1 aliphatic heterocycles. The number of hydrogen-bond acceptors (Lipinski definition) is 3. The summed E-state index contributed by atoms with van der Waals surface area (Å²) in [5.74, 6) is 0.402. The summed E-state index contributed by atoms with van der Waals surface area (Å²) >= 11 is 0. The van der Waals surface area contributed by atoms with Crippen molar-refractivity contribution in [2.45, 2.75) is 26.2 Å². The quantitative estimate of drug-likeness (QED) is 0.795. The molecule has 0 amide bonds. The van der Waals surface area contributed by atoms with Crippen LogP contribution in [0.2, 0.25) is 0 Å². The molecule has 17 heavy (non-hydrogen) atoms. The smallest absolute Gasteiger partial charge is 0.150 e. The molecule has 1 fully saturated rings. The Kier molecular flexibility index (Phi) is 6.18. The summed E-state index contributed by atoms with van der Waals surface area (Å²) in [6.07, 6.45) is 3.36. The SMILES string of the molecule is CCc1ccc(C=O)cc1.O=C1CCNCC1. The maximum atomic E-state index is 10.4. The summed E-state index contributed by atoms with van der Waals surface area (Å²) in [6.45, 7) is 3.87. The van der Waals surface area contributed by atoms with Gasteiger partial charge in [-0.1, -0.05) is 31.2 Å². The molecule has 1 aliphatic rings. The van der Waals surface area contributed by atoms with Crippen molar-refractivity contribution in [1.29, 1.82) is 0 Å². The summed E-state index contributed by atoms with van der Waals surface area (Å²) in [6, 6.07) is 7.63. The summed E-state index contributed by atoms with van der Waals surface area (Å²) < 4.78 is 0. The molecule has 0 saturated carbocycles. The fourth-order valence-corrected chi connectivity index (χ4v) is 1.54. The fourth-order valence-electron chi connectivity index (χ4n) is 1.54. The number of aryl methyl sites for hydroxylation is 1. The maximum Gasteiger partial charge on any atom is 0.150 e. The van der Waals surface area contributed by atoms with Gasteiger partial charge in [0.1, 0.15) is 12.1 Å². The third-order valence-corrected chi connectivity index (χ3v) is 2.69. The van der Waals surface area contributed by atoms with Crippen LogP contribution in [-0.2, 0) is 11.2 Å². The minimum atomic E-state index is 0.402. The number of piperidine rings is 1. The van der Waals surface area contributed by atoms with E-state index in [-0.39, 0.29) is 0 Å². The molecular weight excluding hydrogens is 214 g/mol. The van der Waals surface area contributed by atoms with Crippen LogP contribution >= 0.6 is 0 Å². The van der Waals surface area contributed by atoms with Gasteiger partial charge < -0.3 is 5.32 Å². The molecule has 0 atom stereocenters. The van der Waals surface area contributed by atoms with E-state index < -0.39 is 0 Å². The molecule has 0 radical (unpaired) electrons. The lowest BCUT2D eigenvalue weighted by Crippen LogP contribution is -2.27. The summed E-state index contributed by atoms with van der Waals surface area (Å²) in [4.78, 5) is 20.6. The first kappa shape index (κ1) is 13.6. The average Bonchev–Trinajstić information content (AvgIpc) is 2.40. The molecule has 0 spiro atoms. The zero-order chi connectivity index (χ0) is 12.5. The van der Waals surface area contributed by atoms with Crippen molar-refractivity contribution < 1.29 is 9.59 Å². The molecule has 0 aromatic heterocycles. The Labute approximate surface area is 102 Å². The molecule has 92 valence electrons. The molecular formula is C14H19NO2.